The van der Waals surface area contributed by atoms with Crippen LogP contribution >= 0.6 is 0 Å². The fourth-order valence-corrected chi connectivity index (χ4v) is 4.65. The highest BCUT2D eigenvalue weighted by Crippen LogP contribution is 2.45. The molecular weight excluding hydrogens is 304 g/mol. The van der Waals surface area contributed by atoms with Gasteiger partial charge in [0, 0.05) is 12.6 Å². The lowest BCUT2D eigenvalue weighted by Crippen LogP contribution is -2.27. The Morgan fingerprint density at radius 1 is 1.08 bits per heavy atom. The first-order valence-corrected chi connectivity index (χ1v) is 11.3. The maximum atomic E-state index is 3.35. The molecule has 0 aromatic carbocycles. The Bertz CT molecular complexity index is 328. The summed E-state index contributed by atoms with van der Waals surface area (Å²) in [5.74, 6) is 1.79. The first kappa shape index (κ1) is 23.0. The number of nitrogens with one attached hydrogen (secondary N) is 1. The van der Waals surface area contributed by atoms with Crippen LogP contribution in [0, 0.1) is 17.3 Å². The smallest absolute Gasteiger partial charge is 0.0226 e. The molecule has 0 radical (unpaired) electrons. The van der Waals surface area contributed by atoms with Crippen molar-refractivity contribution >= 4 is 0 Å². The minimum atomic E-state index is 0.605. The molecule has 1 saturated heterocycles. The maximum absolute atomic E-state index is 3.35. The summed E-state index contributed by atoms with van der Waals surface area (Å²) >= 11 is 0. The minimum Gasteiger partial charge on any atom is -0.320 e. The molecule has 0 aliphatic carbocycles. The van der Waals surface area contributed by atoms with Crippen molar-refractivity contribution in [1.82, 2.24) is 10.2 Å². The topological polar surface area (TPSA) is 15.0 Å². The second-order valence-corrected chi connectivity index (χ2v) is 9.40. The quantitative estimate of drug-likeness (QED) is 0.266. The van der Waals surface area contributed by atoms with Crippen LogP contribution in [0.5, 0.6) is 0 Å². The number of rotatable bonds is 16. The molecule has 0 aromatic rings. The highest BCUT2D eigenvalue weighted by molar-refractivity contribution is 4.94. The highest BCUT2D eigenvalue weighted by atomic mass is 15.3. The molecule has 1 aliphatic rings. The van der Waals surface area contributed by atoms with Crippen LogP contribution in [0.25, 0.3) is 0 Å². The average Bonchev–Trinajstić information content (AvgIpc) is 3.26. The summed E-state index contributed by atoms with van der Waals surface area (Å²) in [6.07, 6.45) is 15.6. The lowest BCUT2D eigenvalue weighted by atomic mass is 9.69. The molecule has 4 atom stereocenters. The van der Waals surface area contributed by atoms with E-state index >= 15 is 0 Å². The van der Waals surface area contributed by atoms with E-state index in [-0.39, 0.29) is 0 Å². The predicted molar refractivity (Wildman–Crippen MR) is 113 cm³/mol. The third-order valence-electron chi connectivity index (χ3n) is 6.62. The second kappa shape index (κ2) is 12.3. The molecule has 0 saturated carbocycles. The van der Waals surface area contributed by atoms with E-state index in [9.17, 15) is 0 Å². The van der Waals surface area contributed by atoms with E-state index in [1.54, 1.807) is 0 Å². The van der Waals surface area contributed by atoms with Crippen molar-refractivity contribution in [2.24, 2.45) is 17.3 Å². The van der Waals surface area contributed by atoms with Crippen LogP contribution in [-0.4, -0.2) is 38.1 Å². The van der Waals surface area contributed by atoms with Gasteiger partial charge in [-0.15, -0.1) is 0 Å². The Morgan fingerprint density at radius 3 is 2.28 bits per heavy atom. The van der Waals surface area contributed by atoms with Gasteiger partial charge in [-0.3, -0.25) is 0 Å². The first-order chi connectivity index (χ1) is 12.0. The molecule has 0 bridgehead atoms. The van der Waals surface area contributed by atoms with Crippen molar-refractivity contribution in [2.75, 3.05) is 27.2 Å². The molecule has 0 amide bonds. The lowest BCUT2D eigenvalue weighted by Gasteiger charge is -2.37. The van der Waals surface area contributed by atoms with Gasteiger partial charge in [0.25, 0.3) is 0 Å². The van der Waals surface area contributed by atoms with Crippen molar-refractivity contribution in [2.45, 2.75) is 104 Å². The number of likely N-dealkylation sites (N-methyl/N-ethyl adjacent to an activating group) is 1. The van der Waals surface area contributed by atoms with E-state index in [4.69, 9.17) is 0 Å². The summed E-state index contributed by atoms with van der Waals surface area (Å²) < 4.78 is 0. The van der Waals surface area contributed by atoms with Crippen LogP contribution in [0.1, 0.15) is 98.3 Å². The molecule has 2 heteroatoms. The van der Waals surface area contributed by atoms with Crippen LogP contribution in [0.15, 0.2) is 0 Å². The third-order valence-corrected chi connectivity index (χ3v) is 6.62. The van der Waals surface area contributed by atoms with Gasteiger partial charge in [0.15, 0.2) is 0 Å². The second-order valence-electron chi connectivity index (χ2n) is 9.40. The third kappa shape index (κ3) is 9.43. The number of nitrogens with zero attached hydrogens (tertiary/aromatic N) is 1. The van der Waals surface area contributed by atoms with Gasteiger partial charge in [-0.25, -0.2) is 0 Å². The van der Waals surface area contributed by atoms with Gasteiger partial charge in [0.1, 0.15) is 0 Å². The van der Waals surface area contributed by atoms with E-state index < -0.39 is 0 Å². The van der Waals surface area contributed by atoms with Gasteiger partial charge in [-0.2, -0.15) is 0 Å². The zero-order chi connectivity index (χ0) is 18.7. The standard InChI is InChI=1S/C23H48N2/c1-7-9-15-23(8-2,18-22-19-25(22)6)17-21(14-11-16-24-5)13-10-12-20(3)4/h20-22,24H,7-19H2,1-6H3. The molecule has 0 aromatic heterocycles. The zero-order valence-electron chi connectivity index (χ0n) is 18.4. The molecule has 25 heavy (non-hydrogen) atoms. The van der Waals surface area contributed by atoms with Crippen molar-refractivity contribution in [1.29, 1.82) is 0 Å². The number of hydrogen-bond donors (Lipinski definition) is 1. The molecule has 1 N–H and O–H groups in total. The van der Waals surface area contributed by atoms with E-state index in [1.807, 2.05) is 0 Å². The average molecular weight is 353 g/mol. The van der Waals surface area contributed by atoms with Crippen molar-refractivity contribution in [3.8, 4) is 0 Å². The highest BCUT2D eigenvalue weighted by Gasteiger charge is 2.39. The van der Waals surface area contributed by atoms with Crippen LogP contribution in [0.4, 0.5) is 0 Å². The first-order valence-electron chi connectivity index (χ1n) is 11.3. The Labute approximate surface area is 159 Å². The predicted octanol–water partition coefficient (Wildman–Crippen LogP) is 6.11. The van der Waals surface area contributed by atoms with Crippen molar-refractivity contribution in [3.05, 3.63) is 0 Å². The van der Waals surface area contributed by atoms with Crippen LogP contribution in [0.3, 0.4) is 0 Å². The Hall–Kier alpha value is -0.0800. The van der Waals surface area contributed by atoms with Gasteiger partial charge in [-0.05, 0) is 70.0 Å². The van der Waals surface area contributed by atoms with E-state index in [0.717, 1.165) is 17.9 Å². The van der Waals surface area contributed by atoms with Crippen molar-refractivity contribution in [3.63, 3.8) is 0 Å². The molecule has 1 aliphatic heterocycles. The van der Waals surface area contributed by atoms with E-state index in [1.165, 1.54) is 83.7 Å². The number of unbranched alkanes of at least 4 members (excludes halogenated alkanes) is 1. The molecule has 4 unspecified atom stereocenters. The summed E-state index contributed by atoms with van der Waals surface area (Å²) in [6.45, 7) is 12.1. The molecule has 1 fully saturated rings. The molecular formula is C23H48N2. The Balaban J connectivity index is 2.67. The van der Waals surface area contributed by atoms with Gasteiger partial charge in [-0.1, -0.05) is 66.2 Å². The van der Waals surface area contributed by atoms with Gasteiger partial charge in [0.2, 0.25) is 0 Å². The maximum Gasteiger partial charge on any atom is 0.0226 e. The lowest BCUT2D eigenvalue weighted by molar-refractivity contribution is 0.147. The summed E-state index contributed by atoms with van der Waals surface area (Å²) in [6, 6.07) is 0.880. The van der Waals surface area contributed by atoms with Crippen LogP contribution in [0.2, 0.25) is 0 Å². The fourth-order valence-electron chi connectivity index (χ4n) is 4.65. The summed E-state index contributed by atoms with van der Waals surface area (Å²) in [5, 5.41) is 3.35. The molecule has 150 valence electrons. The van der Waals surface area contributed by atoms with Gasteiger partial charge >= 0.3 is 0 Å². The SMILES string of the molecule is CCCCC(CC)(CC(CCCNC)CCCC(C)C)CC1CN1C. The molecule has 2 nitrogen and oxygen atoms in total. The summed E-state index contributed by atoms with van der Waals surface area (Å²) in [4.78, 5) is 2.55. The van der Waals surface area contributed by atoms with Gasteiger partial charge < -0.3 is 10.2 Å². The van der Waals surface area contributed by atoms with Crippen LogP contribution < -0.4 is 5.32 Å². The molecule has 1 rings (SSSR count). The monoisotopic (exact) mass is 352 g/mol. The normalized spacial score (nSPS) is 23.6. The summed E-state index contributed by atoms with van der Waals surface area (Å²) in [5.41, 5.74) is 0.605. The van der Waals surface area contributed by atoms with Crippen molar-refractivity contribution < 1.29 is 0 Å². The minimum absolute atomic E-state index is 0.605. The Morgan fingerprint density at radius 2 is 1.76 bits per heavy atom. The summed E-state index contributed by atoms with van der Waals surface area (Å²) in [7, 11) is 4.40. The largest absolute Gasteiger partial charge is 0.320 e. The van der Waals surface area contributed by atoms with E-state index in [0.29, 0.717) is 5.41 Å². The molecule has 1 heterocycles. The number of hydrogen-bond acceptors (Lipinski definition) is 2. The van der Waals surface area contributed by atoms with E-state index in [2.05, 4.69) is 52.0 Å². The molecule has 0 spiro atoms. The fraction of sp³-hybridized carbons (Fsp3) is 1.00. The zero-order valence-corrected chi connectivity index (χ0v) is 18.4. The van der Waals surface area contributed by atoms with Gasteiger partial charge in [0.05, 0.1) is 0 Å². The Kier molecular flexibility index (Phi) is 11.3. The van der Waals surface area contributed by atoms with Crippen LogP contribution in [-0.2, 0) is 0 Å².